The number of pyridine rings is 1. The maximum Gasteiger partial charge on any atom is 0.322 e. The molecule has 7 nitrogen and oxygen atoms in total. The minimum absolute atomic E-state index is 0.00995. The van der Waals surface area contributed by atoms with E-state index in [9.17, 15) is 4.79 Å². The zero-order valence-corrected chi connectivity index (χ0v) is 13.4. The van der Waals surface area contributed by atoms with Crippen molar-refractivity contribution < 1.29 is 9.21 Å². The molecule has 1 aliphatic rings. The van der Waals surface area contributed by atoms with E-state index in [1.807, 2.05) is 18.7 Å². The average molecular weight is 315 g/mol. The summed E-state index contributed by atoms with van der Waals surface area (Å²) >= 11 is 0. The number of likely N-dealkylation sites (tertiary alicyclic amines) is 1. The molecule has 2 amide bonds. The molecule has 7 heteroatoms. The molecular weight excluding hydrogens is 294 g/mol. The van der Waals surface area contributed by atoms with E-state index >= 15 is 0 Å². The second-order valence-corrected chi connectivity index (χ2v) is 5.74. The van der Waals surface area contributed by atoms with Gasteiger partial charge in [0.05, 0.1) is 5.92 Å². The number of amides is 2. The molecule has 0 unspecified atom stereocenters. The number of hydrogen-bond acceptors (Lipinski definition) is 5. The number of carbonyl (C=O) groups is 1. The lowest BCUT2D eigenvalue weighted by Gasteiger charge is -2.37. The largest absolute Gasteiger partial charge is 0.425 e. The fourth-order valence-electron chi connectivity index (χ4n) is 2.95. The van der Waals surface area contributed by atoms with Crippen molar-refractivity contribution in [2.45, 2.75) is 45.1 Å². The van der Waals surface area contributed by atoms with Crippen molar-refractivity contribution in [2.24, 2.45) is 0 Å². The van der Waals surface area contributed by atoms with Crippen LogP contribution in [0.1, 0.15) is 44.4 Å². The molecule has 1 N–H and O–H groups in total. The number of nitrogens with zero attached hydrogens (tertiary/aromatic N) is 4. The molecule has 23 heavy (non-hydrogen) atoms. The van der Waals surface area contributed by atoms with Crippen LogP contribution in [0.15, 0.2) is 28.9 Å². The van der Waals surface area contributed by atoms with Crippen LogP contribution in [0.5, 0.6) is 0 Å². The Labute approximate surface area is 135 Å². The zero-order chi connectivity index (χ0) is 16.2. The van der Waals surface area contributed by atoms with E-state index < -0.39 is 0 Å². The molecule has 2 aromatic rings. The standard InChI is InChI=1S/C16H21N5O2/c1-3-14-19-20-15(23-14)13-5-4-10-21(11(13)2)16(22)18-12-6-8-17-9-7-12/h6-9,11,13H,3-5,10H2,1-2H3,(H,17,18,22)/t11-,13-/m1/s1. The summed E-state index contributed by atoms with van der Waals surface area (Å²) < 4.78 is 5.70. The van der Waals surface area contributed by atoms with Crippen molar-refractivity contribution >= 4 is 11.7 Å². The quantitative estimate of drug-likeness (QED) is 0.941. The number of rotatable bonds is 3. The summed E-state index contributed by atoms with van der Waals surface area (Å²) in [5, 5.41) is 11.1. The Bertz CT molecular complexity index is 658. The lowest BCUT2D eigenvalue weighted by molar-refractivity contribution is 0.147. The Morgan fingerprint density at radius 3 is 2.87 bits per heavy atom. The van der Waals surface area contributed by atoms with Gasteiger partial charge in [-0.25, -0.2) is 4.79 Å². The highest BCUT2D eigenvalue weighted by Gasteiger charge is 2.35. The zero-order valence-electron chi connectivity index (χ0n) is 13.4. The van der Waals surface area contributed by atoms with Gasteiger partial charge in [0.2, 0.25) is 11.8 Å². The average Bonchev–Trinajstić information content (AvgIpc) is 3.05. The number of anilines is 1. The van der Waals surface area contributed by atoms with Crippen LogP contribution in [0.4, 0.5) is 10.5 Å². The predicted molar refractivity (Wildman–Crippen MR) is 85.1 cm³/mol. The van der Waals surface area contributed by atoms with Crippen molar-refractivity contribution in [1.29, 1.82) is 0 Å². The highest BCUT2D eigenvalue weighted by atomic mass is 16.4. The molecule has 0 aromatic carbocycles. The Hall–Kier alpha value is -2.44. The van der Waals surface area contributed by atoms with Crippen LogP contribution in [0.25, 0.3) is 0 Å². The second kappa shape index (κ2) is 6.76. The molecule has 1 saturated heterocycles. The summed E-state index contributed by atoms with van der Waals surface area (Å²) in [6.07, 6.45) is 5.90. The third-order valence-electron chi connectivity index (χ3n) is 4.28. The second-order valence-electron chi connectivity index (χ2n) is 5.74. The van der Waals surface area contributed by atoms with Crippen molar-refractivity contribution in [2.75, 3.05) is 11.9 Å². The van der Waals surface area contributed by atoms with Crippen molar-refractivity contribution in [3.63, 3.8) is 0 Å². The molecule has 0 aliphatic carbocycles. The fraction of sp³-hybridized carbons (Fsp3) is 0.500. The van der Waals surface area contributed by atoms with E-state index in [0.29, 0.717) is 11.8 Å². The topological polar surface area (TPSA) is 84.2 Å². The summed E-state index contributed by atoms with van der Waals surface area (Å²) in [6, 6.07) is 3.45. The van der Waals surface area contributed by atoms with Gasteiger partial charge in [-0.15, -0.1) is 10.2 Å². The molecule has 3 rings (SSSR count). The number of hydrogen-bond donors (Lipinski definition) is 1. The van der Waals surface area contributed by atoms with Crippen molar-refractivity contribution in [3.05, 3.63) is 36.3 Å². The number of aryl methyl sites for hydroxylation is 1. The van der Waals surface area contributed by atoms with Gasteiger partial charge in [-0.2, -0.15) is 0 Å². The number of nitrogens with one attached hydrogen (secondary N) is 1. The van der Waals surface area contributed by atoms with E-state index in [0.717, 1.165) is 31.5 Å². The van der Waals surface area contributed by atoms with Crippen LogP contribution in [0, 0.1) is 0 Å². The van der Waals surface area contributed by atoms with Gasteiger partial charge in [0, 0.05) is 37.1 Å². The summed E-state index contributed by atoms with van der Waals surface area (Å²) in [5.74, 6) is 1.36. The minimum atomic E-state index is -0.108. The van der Waals surface area contributed by atoms with E-state index in [4.69, 9.17) is 4.42 Å². The van der Waals surface area contributed by atoms with Gasteiger partial charge in [0.15, 0.2) is 0 Å². The third-order valence-corrected chi connectivity index (χ3v) is 4.28. The molecule has 0 bridgehead atoms. The fourth-order valence-corrected chi connectivity index (χ4v) is 2.95. The van der Waals surface area contributed by atoms with Gasteiger partial charge in [-0.05, 0) is 31.9 Å². The van der Waals surface area contributed by atoms with Gasteiger partial charge >= 0.3 is 6.03 Å². The van der Waals surface area contributed by atoms with E-state index in [-0.39, 0.29) is 18.0 Å². The Kier molecular flexibility index (Phi) is 4.55. The van der Waals surface area contributed by atoms with Crippen LogP contribution >= 0.6 is 0 Å². The lowest BCUT2D eigenvalue weighted by Crippen LogP contribution is -2.47. The van der Waals surface area contributed by atoms with Crippen LogP contribution in [0.2, 0.25) is 0 Å². The van der Waals surface area contributed by atoms with Crippen molar-refractivity contribution in [3.8, 4) is 0 Å². The number of urea groups is 1. The number of carbonyl (C=O) groups excluding carboxylic acids is 1. The predicted octanol–water partition coefficient (Wildman–Crippen LogP) is 2.83. The van der Waals surface area contributed by atoms with Gasteiger partial charge in [0.1, 0.15) is 0 Å². The lowest BCUT2D eigenvalue weighted by atomic mass is 9.90. The first-order valence-corrected chi connectivity index (χ1v) is 7.99. The first kappa shape index (κ1) is 15.5. The Morgan fingerprint density at radius 1 is 1.39 bits per heavy atom. The third kappa shape index (κ3) is 3.33. The first-order valence-electron chi connectivity index (χ1n) is 7.99. The first-order chi connectivity index (χ1) is 11.2. The summed E-state index contributed by atoms with van der Waals surface area (Å²) in [7, 11) is 0. The van der Waals surface area contributed by atoms with E-state index in [1.54, 1.807) is 24.5 Å². The highest BCUT2D eigenvalue weighted by Crippen LogP contribution is 2.32. The van der Waals surface area contributed by atoms with Gasteiger partial charge < -0.3 is 14.6 Å². The van der Waals surface area contributed by atoms with Gasteiger partial charge in [0.25, 0.3) is 0 Å². The van der Waals surface area contributed by atoms with Crippen LogP contribution in [-0.4, -0.2) is 38.7 Å². The van der Waals surface area contributed by atoms with Gasteiger partial charge in [-0.3, -0.25) is 4.98 Å². The number of aromatic nitrogens is 3. The summed E-state index contributed by atoms with van der Waals surface area (Å²) in [6.45, 7) is 4.74. The molecule has 2 atom stereocenters. The molecule has 122 valence electrons. The Balaban J connectivity index is 1.71. The summed E-state index contributed by atoms with van der Waals surface area (Å²) in [5.41, 5.74) is 0.741. The SMILES string of the molecule is CCc1nnc([C@@H]2CCCN(C(=O)Nc3ccncc3)[C@@H]2C)o1. The smallest absolute Gasteiger partial charge is 0.322 e. The van der Waals surface area contributed by atoms with Crippen LogP contribution in [0.3, 0.4) is 0 Å². The van der Waals surface area contributed by atoms with E-state index in [2.05, 4.69) is 20.5 Å². The normalized spacial score (nSPS) is 21.2. The molecular formula is C16H21N5O2. The van der Waals surface area contributed by atoms with Gasteiger partial charge in [-0.1, -0.05) is 6.92 Å². The molecule has 1 fully saturated rings. The van der Waals surface area contributed by atoms with Crippen molar-refractivity contribution in [1.82, 2.24) is 20.1 Å². The highest BCUT2D eigenvalue weighted by molar-refractivity contribution is 5.89. The molecule has 0 radical (unpaired) electrons. The summed E-state index contributed by atoms with van der Waals surface area (Å²) in [4.78, 5) is 18.3. The molecule has 0 spiro atoms. The number of piperidine rings is 1. The molecule has 2 aromatic heterocycles. The monoisotopic (exact) mass is 315 g/mol. The minimum Gasteiger partial charge on any atom is -0.425 e. The van der Waals surface area contributed by atoms with Crippen LogP contribution in [-0.2, 0) is 6.42 Å². The molecule has 0 saturated carbocycles. The van der Waals surface area contributed by atoms with Crippen LogP contribution < -0.4 is 5.32 Å². The maximum atomic E-state index is 12.5. The maximum absolute atomic E-state index is 12.5. The van der Waals surface area contributed by atoms with E-state index in [1.165, 1.54) is 0 Å². The Morgan fingerprint density at radius 2 is 2.17 bits per heavy atom. The molecule has 1 aliphatic heterocycles. The molecule has 3 heterocycles.